The Morgan fingerprint density at radius 3 is 2.82 bits per heavy atom. The Kier molecular flexibility index (Phi) is 3.59. The van der Waals surface area contributed by atoms with Gasteiger partial charge in [-0.3, -0.25) is 9.89 Å². The lowest BCUT2D eigenvalue weighted by Crippen LogP contribution is -2.41. The molecule has 1 saturated heterocycles. The maximum Gasteiger partial charge on any atom is 0.226 e. The van der Waals surface area contributed by atoms with Gasteiger partial charge in [-0.15, -0.1) is 0 Å². The number of aromatic nitrogens is 3. The molecule has 4 rings (SSSR count). The highest BCUT2D eigenvalue weighted by atomic mass is 32.1. The van der Waals surface area contributed by atoms with Crippen molar-refractivity contribution < 1.29 is 4.79 Å². The van der Waals surface area contributed by atoms with E-state index in [-0.39, 0.29) is 0 Å². The molecule has 3 fully saturated rings. The molecular formula is C16H24N4OS. The smallest absolute Gasteiger partial charge is 0.226 e. The van der Waals surface area contributed by atoms with Gasteiger partial charge in [-0.2, -0.15) is 5.10 Å². The number of hydrogen-bond donors (Lipinski definition) is 1. The Balaban J connectivity index is 1.48. The van der Waals surface area contributed by atoms with E-state index in [4.69, 9.17) is 12.2 Å². The molecule has 1 unspecified atom stereocenters. The van der Waals surface area contributed by atoms with Crippen LogP contribution in [0.5, 0.6) is 0 Å². The molecule has 0 radical (unpaired) electrons. The van der Waals surface area contributed by atoms with Crippen molar-refractivity contribution in [1.29, 1.82) is 0 Å². The van der Waals surface area contributed by atoms with Crippen LogP contribution in [0.4, 0.5) is 0 Å². The lowest BCUT2D eigenvalue weighted by molar-refractivity contribution is -0.134. The molecule has 3 aliphatic rings. The fourth-order valence-corrected chi connectivity index (χ4v) is 5.00. The van der Waals surface area contributed by atoms with E-state index in [0.29, 0.717) is 34.3 Å². The van der Waals surface area contributed by atoms with Crippen LogP contribution in [0.1, 0.15) is 50.8 Å². The van der Waals surface area contributed by atoms with E-state index in [0.717, 1.165) is 38.3 Å². The number of carbonyl (C=O) groups excluding carboxylic acids is 1. The summed E-state index contributed by atoms with van der Waals surface area (Å²) in [6.07, 6.45) is 6.04. The number of hydrogen-bond acceptors (Lipinski definition) is 3. The molecule has 2 aliphatic carbocycles. The molecule has 6 heteroatoms. The molecule has 1 aromatic heterocycles. The Hall–Kier alpha value is -1.17. The number of amides is 1. The Morgan fingerprint density at radius 2 is 2.09 bits per heavy atom. The summed E-state index contributed by atoms with van der Waals surface area (Å²) in [6.45, 7) is 4.66. The van der Waals surface area contributed by atoms with Gasteiger partial charge >= 0.3 is 0 Å². The summed E-state index contributed by atoms with van der Waals surface area (Å²) in [5.74, 6) is 3.53. The second kappa shape index (κ2) is 5.48. The number of likely N-dealkylation sites (tertiary alicyclic amines) is 1. The first-order valence-electron chi connectivity index (χ1n) is 8.64. The SMILES string of the molecule is CCn1c([C@H]2CCCN(C(=O)C3[C@H]4CCC[C@@H]34)C2)n[nH]c1=S. The number of fused-ring (bicyclic) bond motifs is 1. The number of carbonyl (C=O) groups is 1. The number of aromatic amines is 1. The molecule has 0 aromatic carbocycles. The summed E-state index contributed by atoms with van der Waals surface area (Å²) in [5, 5.41) is 7.34. The molecule has 1 amide bonds. The van der Waals surface area contributed by atoms with Gasteiger partial charge in [0.2, 0.25) is 5.91 Å². The highest BCUT2D eigenvalue weighted by Gasteiger charge is 2.57. The van der Waals surface area contributed by atoms with E-state index in [9.17, 15) is 4.79 Å². The molecule has 0 bridgehead atoms. The average molecular weight is 320 g/mol. The van der Waals surface area contributed by atoms with Crippen LogP contribution in [0.15, 0.2) is 0 Å². The molecule has 1 aliphatic heterocycles. The Bertz CT molecular complexity index is 626. The second-order valence-electron chi connectivity index (χ2n) is 7.04. The monoisotopic (exact) mass is 320 g/mol. The van der Waals surface area contributed by atoms with E-state index in [1.54, 1.807) is 0 Å². The maximum absolute atomic E-state index is 12.8. The van der Waals surface area contributed by atoms with E-state index in [1.165, 1.54) is 19.3 Å². The lowest BCUT2D eigenvalue weighted by atomic mass is 9.96. The van der Waals surface area contributed by atoms with Crippen molar-refractivity contribution in [3.63, 3.8) is 0 Å². The highest BCUT2D eigenvalue weighted by molar-refractivity contribution is 7.71. The molecule has 0 spiro atoms. The van der Waals surface area contributed by atoms with Crippen LogP contribution in [0.3, 0.4) is 0 Å². The molecule has 22 heavy (non-hydrogen) atoms. The average Bonchev–Trinajstić information content (AvgIpc) is 2.88. The third-order valence-electron chi connectivity index (χ3n) is 5.89. The van der Waals surface area contributed by atoms with Gasteiger partial charge in [0.25, 0.3) is 0 Å². The Labute approximate surface area is 136 Å². The third-order valence-corrected chi connectivity index (χ3v) is 6.21. The zero-order valence-corrected chi connectivity index (χ0v) is 13.9. The van der Waals surface area contributed by atoms with Gasteiger partial charge in [0.1, 0.15) is 5.82 Å². The first-order valence-corrected chi connectivity index (χ1v) is 9.05. The highest BCUT2D eigenvalue weighted by Crippen LogP contribution is 2.58. The molecule has 2 saturated carbocycles. The zero-order chi connectivity index (χ0) is 15.3. The van der Waals surface area contributed by atoms with Crippen LogP contribution in [-0.4, -0.2) is 38.7 Å². The van der Waals surface area contributed by atoms with Crippen molar-refractivity contribution in [2.75, 3.05) is 13.1 Å². The van der Waals surface area contributed by atoms with Crippen molar-refractivity contribution >= 4 is 18.1 Å². The minimum atomic E-state index is 0.323. The van der Waals surface area contributed by atoms with Gasteiger partial charge in [0, 0.05) is 31.5 Å². The number of nitrogens with zero attached hydrogens (tertiary/aromatic N) is 3. The van der Waals surface area contributed by atoms with Gasteiger partial charge in [0.15, 0.2) is 4.77 Å². The van der Waals surface area contributed by atoms with Gasteiger partial charge in [-0.25, -0.2) is 0 Å². The fourth-order valence-electron chi connectivity index (χ4n) is 4.73. The third kappa shape index (κ3) is 2.23. The molecule has 5 nitrogen and oxygen atoms in total. The van der Waals surface area contributed by atoms with Crippen molar-refractivity contribution in [3.05, 3.63) is 10.6 Å². The number of nitrogens with one attached hydrogen (secondary N) is 1. The first-order chi connectivity index (χ1) is 10.7. The fraction of sp³-hybridized carbons (Fsp3) is 0.812. The molecule has 1 aromatic rings. The molecule has 120 valence electrons. The van der Waals surface area contributed by atoms with Crippen LogP contribution in [0.2, 0.25) is 0 Å². The maximum atomic E-state index is 12.8. The van der Waals surface area contributed by atoms with Crippen LogP contribution in [-0.2, 0) is 11.3 Å². The molecule has 2 heterocycles. The summed E-state index contributed by atoms with van der Waals surface area (Å²) < 4.78 is 2.76. The van der Waals surface area contributed by atoms with Crippen molar-refractivity contribution in [3.8, 4) is 0 Å². The quantitative estimate of drug-likeness (QED) is 0.871. The predicted molar refractivity (Wildman–Crippen MR) is 86.0 cm³/mol. The number of H-pyrrole nitrogens is 1. The molecule has 4 atom stereocenters. The van der Waals surface area contributed by atoms with Gasteiger partial charge in [-0.1, -0.05) is 6.42 Å². The summed E-state index contributed by atoms with van der Waals surface area (Å²) in [5.41, 5.74) is 0. The van der Waals surface area contributed by atoms with Crippen molar-refractivity contribution in [2.24, 2.45) is 17.8 Å². The normalized spacial score (nSPS) is 33.8. The topological polar surface area (TPSA) is 53.9 Å². The lowest BCUT2D eigenvalue weighted by Gasteiger charge is -2.33. The van der Waals surface area contributed by atoms with E-state index < -0.39 is 0 Å². The van der Waals surface area contributed by atoms with Crippen LogP contribution in [0.25, 0.3) is 0 Å². The van der Waals surface area contributed by atoms with Crippen molar-refractivity contribution in [2.45, 2.75) is 51.5 Å². The summed E-state index contributed by atoms with van der Waals surface area (Å²) in [4.78, 5) is 14.9. The molecule has 1 N–H and O–H groups in total. The van der Waals surface area contributed by atoms with Gasteiger partial charge in [-0.05, 0) is 56.7 Å². The van der Waals surface area contributed by atoms with E-state index >= 15 is 0 Å². The number of piperidine rings is 1. The van der Waals surface area contributed by atoms with Crippen LogP contribution < -0.4 is 0 Å². The largest absolute Gasteiger partial charge is 0.342 e. The molecular weight excluding hydrogens is 296 g/mol. The van der Waals surface area contributed by atoms with Crippen LogP contribution >= 0.6 is 12.2 Å². The Morgan fingerprint density at radius 1 is 1.32 bits per heavy atom. The van der Waals surface area contributed by atoms with Crippen molar-refractivity contribution in [1.82, 2.24) is 19.7 Å². The minimum absolute atomic E-state index is 0.323. The summed E-state index contributed by atoms with van der Waals surface area (Å²) in [6, 6.07) is 0. The van der Waals surface area contributed by atoms with Gasteiger partial charge in [0.05, 0.1) is 0 Å². The summed E-state index contributed by atoms with van der Waals surface area (Å²) in [7, 11) is 0. The second-order valence-corrected chi connectivity index (χ2v) is 7.43. The first kappa shape index (κ1) is 14.4. The van der Waals surface area contributed by atoms with E-state index in [1.807, 2.05) is 0 Å². The number of rotatable bonds is 3. The standard InChI is InChI=1S/C16H24N4OS/c1-2-20-14(17-18-16(20)22)10-5-4-8-19(9-10)15(21)13-11-6-3-7-12(11)13/h10-13H,2-9H2,1H3,(H,18,22)/t10-,11-,12+,13?/m0/s1. The predicted octanol–water partition coefficient (Wildman–Crippen LogP) is 2.71. The minimum Gasteiger partial charge on any atom is -0.342 e. The zero-order valence-electron chi connectivity index (χ0n) is 13.1. The van der Waals surface area contributed by atoms with Crippen LogP contribution in [0, 0.1) is 22.5 Å². The van der Waals surface area contributed by atoms with Gasteiger partial charge < -0.3 is 9.47 Å². The summed E-state index contributed by atoms with van der Waals surface area (Å²) >= 11 is 5.29. The van der Waals surface area contributed by atoms with E-state index in [2.05, 4.69) is 26.6 Å².